The molecule has 3 rings (SSSR count). The summed E-state index contributed by atoms with van der Waals surface area (Å²) in [5.74, 6) is 0. The first kappa shape index (κ1) is 20.9. The summed E-state index contributed by atoms with van der Waals surface area (Å²) in [5, 5.41) is 3.66. The van der Waals surface area contributed by atoms with Crippen molar-refractivity contribution in [2.24, 2.45) is 0 Å². The van der Waals surface area contributed by atoms with Crippen molar-refractivity contribution in [2.45, 2.75) is 18.0 Å². The molecule has 1 atom stereocenters. The molecule has 0 fully saturated rings. The van der Waals surface area contributed by atoms with Crippen LogP contribution in [-0.4, -0.2) is 18.5 Å². The van der Waals surface area contributed by atoms with Crippen LogP contribution in [0.15, 0.2) is 59.5 Å². The van der Waals surface area contributed by atoms with Crippen molar-refractivity contribution in [1.29, 1.82) is 0 Å². The smallest absolute Gasteiger partial charge is 0.768 e. The predicted octanol–water partition coefficient (Wildman–Crippen LogP) is 1.11. The molecule has 9 heteroatoms. The molecule has 0 amide bonds. The van der Waals surface area contributed by atoms with Gasteiger partial charge < -0.3 is 4.55 Å². The van der Waals surface area contributed by atoms with Crippen LogP contribution in [0.2, 0.25) is 0 Å². The van der Waals surface area contributed by atoms with Gasteiger partial charge in [0.25, 0.3) is 0 Å². The van der Waals surface area contributed by atoms with Crippen LogP contribution >= 0.6 is 0 Å². The van der Waals surface area contributed by atoms with E-state index in [1.807, 2.05) is 6.92 Å². The summed E-state index contributed by atoms with van der Waals surface area (Å²) in [4.78, 5) is 0.0452. The van der Waals surface area contributed by atoms with Crippen molar-refractivity contribution in [1.82, 2.24) is 9.78 Å². The molecule has 0 saturated heterocycles. The van der Waals surface area contributed by atoms with Gasteiger partial charge in [0.1, 0.15) is 0 Å². The van der Waals surface area contributed by atoms with E-state index in [0.717, 1.165) is 16.3 Å². The predicted molar refractivity (Wildman–Crippen MR) is 85.9 cm³/mol. The molecule has 26 heavy (non-hydrogen) atoms. The molecule has 0 bridgehead atoms. The minimum absolute atomic E-state index is 0. The van der Waals surface area contributed by atoms with Gasteiger partial charge in [-0.2, -0.15) is 18.3 Å². The van der Waals surface area contributed by atoms with Crippen molar-refractivity contribution in [2.75, 3.05) is 0 Å². The van der Waals surface area contributed by atoms with Crippen LogP contribution in [-0.2, 0) is 17.3 Å². The molecular formula is C17H12F3N2NaO2S. The molecule has 0 aliphatic rings. The first-order chi connectivity index (χ1) is 11.8. The Hall–Kier alpha value is -1.45. The van der Waals surface area contributed by atoms with Crippen LogP contribution in [0, 0.1) is 6.92 Å². The van der Waals surface area contributed by atoms with Gasteiger partial charge in [-0.05, 0) is 48.3 Å². The molecule has 0 N–H and O–H groups in total. The number of benzene rings is 2. The van der Waals surface area contributed by atoms with Crippen LogP contribution in [0.1, 0.15) is 11.3 Å². The first-order valence-corrected chi connectivity index (χ1v) is 8.27. The van der Waals surface area contributed by atoms with Crippen molar-refractivity contribution in [3.63, 3.8) is 0 Å². The van der Waals surface area contributed by atoms with Gasteiger partial charge in [0.05, 0.1) is 11.4 Å². The molecule has 2 aromatic carbocycles. The molecule has 0 aliphatic heterocycles. The Balaban J connectivity index is 0.00000243. The maximum atomic E-state index is 13.1. The zero-order chi connectivity index (χ0) is 18.2. The number of halogens is 3. The normalized spacial score (nSPS) is 12.5. The van der Waals surface area contributed by atoms with E-state index in [0.29, 0.717) is 11.3 Å². The van der Waals surface area contributed by atoms with Gasteiger partial charge in [0.15, 0.2) is 5.69 Å². The second-order valence-corrected chi connectivity index (χ2v) is 6.36. The molecule has 0 saturated carbocycles. The Morgan fingerprint density at radius 1 is 1.04 bits per heavy atom. The zero-order valence-electron chi connectivity index (χ0n) is 13.9. The number of aromatic nitrogens is 2. The van der Waals surface area contributed by atoms with E-state index < -0.39 is 23.0 Å². The van der Waals surface area contributed by atoms with Gasteiger partial charge in [-0.1, -0.05) is 29.8 Å². The molecule has 0 spiro atoms. The molecule has 3 aromatic rings. The number of hydrogen-bond donors (Lipinski definition) is 0. The summed E-state index contributed by atoms with van der Waals surface area (Å²) in [6.07, 6.45) is -4.58. The number of nitrogens with zero attached hydrogens (tertiary/aromatic N) is 2. The van der Waals surface area contributed by atoms with E-state index in [9.17, 15) is 21.9 Å². The van der Waals surface area contributed by atoms with E-state index in [1.54, 1.807) is 24.3 Å². The molecular weight excluding hydrogens is 376 g/mol. The van der Waals surface area contributed by atoms with E-state index in [4.69, 9.17) is 0 Å². The zero-order valence-corrected chi connectivity index (χ0v) is 16.8. The molecule has 1 heterocycles. The minimum Gasteiger partial charge on any atom is -0.768 e. The quantitative estimate of drug-likeness (QED) is 0.499. The summed E-state index contributed by atoms with van der Waals surface area (Å²) in [5.41, 5.74) is 1.14. The Labute approximate surface area is 172 Å². The van der Waals surface area contributed by atoms with Crippen molar-refractivity contribution in [3.05, 3.63) is 65.9 Å². The fourth-order valence-electron chi connectivity index (χ4n) is 2.34. The third-order valence-electron chi connectivity index (χ3n) is 3.62. The van der Waals surface area contributed by atoms with Gasteiger partial charge in [-0.15, -0.1) is 0 Å². The van der Waals surface area contributed by atoms with Crippen molar-refractivity contribution >= 4 is 11.1 Å². The number of aryl methyl sites for hydroxylation is 1. The van der Waals surface area contributed by atoms with Gasteiger partial charge >= 0.3 is 35.7 Å². The second kappa shape index (κ2) is 8.06. The van der Waals surface area contributed by atoms with Crippen LogP contribution in [0.4, 0.5) is 13.2 Å². The van der Waals surface area contributed by atoms with Crippen LogP contribution in [0.3, 0.4) is 0 Å². The Morgan fingerprint density at radius 3 is 2.12 bits per heavy atom. The summed E-state index contributed by atoms with van der Waals surface area (Å²) in [6.45, 7) is 1.88. The standard InChI is InChI=1S/C17H13F3N2O2S.Na/c1-11-2-4-12(5-3-11)15-10-16(17(18,19)20)21-22(15)13-6-8-14(9-7-13)25(23)24;/h2-10H,1H3,(H,23,24);/q;+1/p-1. The van der Waals surface area contributed by atoms with Crippen molar-refractivity contribution in [3.8, 4) is 16.9 Å². The first-order valence-electron chi connectivity index (χ1n) is 7.20. The van der Waals surface area contributed by atoms with Gasteiger partial charge in [0, 0.05) is 10.5 Å². The van der Waals surface area contributed by atoms with E-state index >= 15 is 0 Å². The van der Waals surface area contributed by atoms with Crippen LogP contribution in [0.5, 0.6) is 0 Å². The van der Waals surface area contributed by atoms with Gasteiger partial charge in [-0.3, -0.25) is 4.21 Å². The van der Waals surface area contributed by atoms with Crippen LogP contribution < -0.4 is 29.6 Å². The summed E-state index contributed by atoms with van der Waals surface area (Å²) >= 11 is -2.41. The monoisotopic (exact) mass is 388 g/mol. The number of alkyl halides is 3. The van der Waals surface area contributed by atoms with Gasteiger partial charge in [0.2, 0.25) is 0 Å². The average Bonchev–Trinajstić information content (AvgIpc) is 3.01. The fraction of sp³-hybridized carbons (Fsp3) is 0.118. The average molecular weight is 388 g/mol. The third-order valence-corrected chi connectivity index (χ3v) is 4.28. The molecule has 0 radical (unpaired) electrons. The maximum absolute atomic E-state index is 13.1. The third kappa shape index (κ3) is 4.44. The molecule has 0 aliphatic carbocycles. The van der Waals surface area contributed by atoms with E-state index in [2.05, 4.69) is 5.10 Å². The largest absolute Gasteiger partial charge is 1.00 e. The summed E-state index contributed by atoms with van der Waals surface area (Å²) < 4.78 is 62.3. The van der Waals surface area contributed by atoms with E-state index in [1.165, 1.54) is 24.3 Å². The fourth-order valence-corrected chi connectivity index (χ4v) is 2.70. The second-order valence-electron chi connectivity index (χ2n) is 5.42. The number of rotatable bonds is 3. The topological polar surface area (TPSA) is 58.0 Å². The summed E-state index contributed by atoms with van der Waals surface area (Å²) in [6, 6.07) is 13.4. The Bertz CT molecular complexity index is 923. The minimum atomic E-state index is -4.58. The molecule has 130 valence electrons. The Kier molecular flexibility index (Phi) is 6.46. The maximum Gasteiger partial charge on any atom is 1.00 e. The molecule has 1 unspecified atom stereocenters. The molecule has 4 nitrogen and oxygen atoms in total. The molecule has 1 aromatic heterocycles. The van der Waals surface area contributed by atoms with Crippen LogP contribution in [0.25, 0.3) is 16.9 Å². The SMILES string of the molecule is Cc1ccc(-c2cc(C(F)(F)F)nn2-c2ccc(S(=O)[O-])cc2)cc1.[Na+]. The van der Waals surface area contributed by atoms with E-state index in [-0.39, 0.29) is 40.1 Å². The Morgan fingerprint density at radius 2 is 1.62 bits per heavy atom. The van der Waals surface area contributed by atoms with Crippen molar-refractivity contribution < 1.29 is 51.5 Å². The number of hydrogen-bond acceptors (Lipinski definition) is 3. The summed E-state index contributed by atoms with van der Waals surface area (Å²) in [7, 11) is 0. The van der Waals surface area contributed by atoms with Gasteiger partial charge in [-0.25, -0.2) is 4.68 Å².